The molecule has 1 fully saturated rings. The fourth-order valence-corrected chi connectivity index (χ4v) is 11.3. The molecule has 4 nitrogen and oxygen atoms in total. The van der Waals surface area contributed by atoms with Gasteiger partial charge in [-0.3, -0.25) is 4.98 Å². The van der Waals surface area contributed by atoms with Crippen molar-refractivity contribution in [2.24, 2.45) is 5.41 Å². The molecule has 1 aliphatic rings. The topological polar surface area (TPSA) is 51.8 Å². The van der Waals surface area contributed by atoms with Gasteiger partial charge in [-0.25, -0.2) is 0 Å². The number of furan rings is 1. The van der Waals surface area contributed by atoms with Gasteiger partial charge in [0.2, 0.25) is 0 Å². The van der Waals surface area contributed by atoms with Crippen LogP contribution >= 0.6 is 0 Å². The summed E-state index contributed by atoms with van der Waals surface area (Å²) in [6, 6.07) is 54.1. The van der Waals surface area contributed by atoms with Gasteiger partial charge in [0.15, 0.2) is 0 Å². The summed E-state index contributed by atoms with van der Waals surface area (Å²) in [6.07, 6.45) is 11.7. The Bertz CT molecular complexity index is 3100. The molecule has 9 aromatic rings. The van der Waals surface area contributed by atoms with Crippen LogP contribution < -0.4 is 5.19 Å². The maximum absolute atomic E-state index is 6.61. The van der Waals surface area contributed by atoms with Crippen molar-refractivity contribution >= 4 is 35.2 Å². The number of aryl methyl sites for hydroxylation is 2. The summed E-state index contributed by atoms with van der Waals surface area (Å²) in [5, 5.41) is 3.71. The minimum atomic E-state index is -1.44. The molecule has 1 aliphatic carbocycles. The first kappa shape index (κ1) is 47.7. The summed E-state index contributed by atoms with van der Waals surface area (Å²) in [4.78, 5) is 14.1. The third-order valence-electron chi connectivity index (χ3n) is 12.9. The van der Waals surface area contributed by atoms with Gasteiger partial charge in [0.05, 0.1) is 13.7 Å². The summed E-state index contributed by atoms with van der Waals surface area (Å²) in [6.45, 7) is 18.2. The first-order valence-corrected chi connectivity index (χ1v) is 27.2. The van der Waals surface area contributed by atoms with E-state index in [1.54, 1.807) is 0 Å². The van der Waals surface area contributed by atoms with Gasteiger partial charge >= 0.3 is 0 Å². The average molecular weight is 1070 g/mol. The molecule has 10 rings (SSSR count). The van der Waals surface area contributed by atoms with Gasteiger partial charge in [0, 0.05) is 49.3 Å². The minimum absolute atomic E-state index is 0. The standard InChI is InChI=1S/C35H28NO.C26H33N2Si.Ir/c1-4-10-24(11-5-1)27-16-19-33-31(22-27)34-29(26-14-8-3-9-15-26)17-18-30(35(34)37-33)32-23-28(20-21-36-32)25-12-6-2-7-13-25;1-18-13-22(14-19(2)28-18)20-9-11-21(12-10-20)24-15-23(16-26(3,4)5)25(17-27-24)29(6,7)8;/h1,3-5,8-11,14-17,19-23,25H,2,6-7,12-13H2;9-11,13-15,17H,16H2,1-8H3;/q2*-1;. The fraction of sp³-hybridized carbons (Fsp3) is 0.262. The number of fused-ring (bicyclic) bond motifs is 3. The van der Waals surface area contributed by atoms with E-state index in [-0.39, 0.29) is 25.5 Å². The summed E-state index contributed by atoms with van der Waals surface area (Å²) in [5.41, 5.74) is 17.9. The monoisotopic (exact) mass is 1070 g/mol. The molecule has 1 saturated carbocycles. The van der Waals surface area contributed by atoms with E-state index < -0.39 is 8.07 Å². The molecule has 0 atom stereocenters. The van der Waals surface area contributed by atoms with E-state index in [4.69, 9.17) is 14.4 Å². The van der Waals surface area contributed by atoms with Gasteiger partial charge < -0.3 is 14.4 Å². The smallest absolute Gasteiger partial charge is 0.121 e. The van der Waals surface area contributed by atoms with Crippen LogP contribution in [0.25, 0.3) is 77.8 Å². The first-order valence-electron chi connectivity index (χ1n) is 23.7. The zero-order chi connectivity index (χ0) is 46.0. The summed E-state index contributed by atoms with van der Waals surface area (Å²) < 4.78 is 6.61. The zero-order valence-corrected chi connectivity index (χ0v) is 43.7. The molecule has 67 heavy (non-hydrogen) atoms. The Hall–Kier alpha value is -5.78. The molecule has 0 aliphatic heterocycles. The van der Waals surface area contributed by atoms with Crippen LogP contribution in [0, 0.1) is 31.4 Å². The van der Waals surface area contributed by atoms with Crippen LogP contribution in [0.15, 0.2) is 150 Å². The Labute approximate surface area is 412 Å². The Morgan fingerprint density at radius 1 is 0.657 bits per heavy atom. The van der Waals surface area contributed by atoms with Gasteiger partial charge in [-0.15, -0.1) is 42.0 Å². The number of benzene rings is 5. The molecule has 341 valence electrons. The average Bonchev–Trinajstić information content (AvgIpc) is 3.70. The first-order chi connectivity index (χ1) is 31.8. The molecule has 0 amide bonds. The van der Waals surface area contributed by atoms with Crippen LogP contribution in [0.4, 0.5) is 0 Å². The number of hydrogen-bond acceptors (Lipinski definition) is 4. The van der Waals surface area contributed by atoms with Crippen molar-refractivity contribution in [3.63, 3.8) is 0 Å². The van der Waals surface area contributed by atoms with Crippen molar-refractivity contribution in [3.8, 4) is 55.9 Å². The van der Waals surface area contributed by atoms with E-state index >= 15 is 0 Å². The van der Waals surface area contributed by atoms with Crippen LogP contribution in [-0.2, 0) is 26.5 Å². The van der Waals surface area contributed by atoms with Crippen LogP contribution in [0.1, 0.15) is 81.3 Å². The normalized spacial score (nSPS) is 13.3. The van der Waals surface area contributed by atoms with Crippen LogP contribution in [-0.4, -0.2) is 23.0 Å². The van der Waals surface area contributed by atoms with E-state index in [9.17, 15) is 0 Å². The molecule has 1 radical (unpaired) electrons. The fourth-order valence-electron chi connectivity index (χ4n) is 9.74. The number of pyridine rings is 3. The predicted octanol–water partition coefficient (Wildman–Crippen LogP) is 16.2. The molecule has 0 unspecified atom stereocenters. The zero-order valence-electron chi connectivity index (χ0n) is 40.3. The maximum Gasteiger partial charge on any atom is 0.121 e. The Kier molecular flexibility index (Phi) is 14.4. The van der Waals surface area contributed by atoms with E-state index in [0.717, 1.165) is 79.0 Å². The van der Waals surface area contributed by atoms with E-state index in [1.165, 1.54) is 65.1 Å². The van der Waals surface area contributed by atoms with Gasteiger partial charge in [-0.1, -0.05) is 177 Å². The van der Waals surface area contributed by atoms with Gasteiger partial charge in [0.1, 0.15) is 5.58 Å². The van der Waals surface area contributed by atoms with Crippen LogP contribution in [0.5, 0.6) is 0 Å². The van der Waals surface area contributed by atoms with E-state index in [2.05, 4.69) is 197 Å². The summed E-state index contributed by atoms with van der Waals surface area (Å²) in [7, 11) is -1.44. The Morgan fingerprint density at radius 2 is 1.34 bits per heavy atom. The van der Waals surface area contributed by atoms with Crippen molar-refractivity contribution in [3.05, 3.63) is 181 Å². The number of nitrogens with zero attached hydrogens (tertiary/aromatic N) is 3. The van der Waals surface area contributed by atoms with Crippen molar-refractivity contribution < 1.29 is 24.5 Å². The number of hydrogen-bond donors (Lipinski definition) is 0. The SMILES string of the molecule is Cc1cc(-c2c[c-]c(-c3cc(CC(C)(C)C)c([Si](C)(C)C)cn3)cc2)cc(C)n1.[Ir].[c-]1cc(-c2ccccc2)c2c(oc3ccc(-c4ccccc4)cc32)c1-c1cc(C2CCCCC2)ccn1. The second-order valence-electron chi connectivity index (χ2n) is 20.5. The summed E-state index contributed by atoms with van der Waals surface area (Å²) >= 11 is 0. The second-order valence-corrected chi connectivity index (χ2v) is 25.5. The molecule has 0 saturated heterocycles. The molecular weight excluding hydrogens is 1010 g/mol. The van der Waals surface area contributed by atoms with Crippen molar-refractivity contribution in [1.82, 2.24) is 15.0 Å². The third-order valence-corrected chi connectivity index (χ3v) is 14.9. The minimum Gasteiger partial charge on any atom is -0.501 e. The molecule has 0 bridgehead atoms. The van der Waals surface area contributed by atoms with Crippen molar-refractivity contribution in [2.75, 3.05) is 0 Å². The molecule has 4 heterocycles. The van der Waals surface area contributed by atoms with Crippen LogP contribution in [0.2, 0.25) is 19.6 Å². The van der Waals surface area contributed by atoms with Gasteiger partial charge in [-0.2, -0.15) is 0 Å². The van der Waals surface area contributed by atoms with Gasteiger partial charge in [-0.05, 0) is 108 Å². The quantitative estimate of drug-likeness (QED) is 0.112. The number of rotatable bonds is 8. The predicted molar refractivity (Wildman–Crippen MR) is 280 cm³/mol. The van der Waals surface area contributed by atoms with E-state index in [0.29, 0.717) is 5.92 Å². The molecule has 6 heteroatoms. The second kappa shape index (κ2) is 20.2. The Morgan fingerprint density at radius 3 is 2.00 bits per heavy atom. The van der Waals surface area contributed by atoms with Gasteiger partial charge in [0.25, 0.3) is 0 Å². The largest absolute Gasteiger partial charge is 0.501 e. The molecule has 0 spiro atoms. The van der Waals surface area contributed by atoms with Crippen molar-refractivity contribution in [2.45, 2.75) is 98.7 Å². The molecule has 4 aromatic heterocycles. The molecule has 5 aromatic carbocycles. The van der Waals surface area contributed by atoms with E-state index in [1.807, 2.05) is 20.0 Å². The Balaban J connectivity index is 0.000000185. The van der Waals surface area contributed by atoms with Crippen molar-refractivity contribution in [1.29, 1.82) is 0 Å². The number of aromatic nitrogens is 3. The maximum atomic E-state index is 6.61. The van der Waals surface area contributed by atoms with Crippen LogP contribution in [0.3, 0.4) is 0 Å². The molecule has 0 N–H and O–H groups in total. The molecular formula is C61H61IrN3OSi-2. The third kappa shape index (κ3) is 11.0. The summed E-state index contributed by atoms with van der Waals surface area (Å²) in [5.74, 6) is 0.624.